The summed E-state index contributed by atoms with van der Waals surface area (Å²) in [6.07, 6.45) is 9.61. The molecule has 0 unspecified atom stereocenters. The molecule has 4 aromatic rings. The molecule has 0 aliphatic carbocycles. The lowest BCUT2D eigenvalue weighted by Gasteiger charge is -2.06. The summed E-state index contributed by atoms with van der Waals surface area (Å²) in [6.45, 7) is 10.8. The summed E-state index contributed by atoms with van der Waals surface area (Å²) >= 11 is 0. The van der Waals surface area contributed by atoms with Crippen LogP contribution in [0.25, 0.3) is 27.7 Å². The molecule has 0 radical (unpaired) electrons. The molecule has 3 aromatic heterocycles. The van der Waals surface area contributed by atoms with Crippen LogP contribution in [0.2, 0.25) is 0 Å². The van der Waals surface area contributed by atoms with Crippen LogP contribution in [0.15, 0.2) is 48.9 Å². The lowest BCUT2D eigenvalue weighted by atomic mass is 10.0. The average molecular weight is 390 g/mol. The van der Waals surface area contributed by atoms with Crippen molar-refractivity contribution >= 4 is 16.6 Å². The van der Waals surface area contributed by atoms with E-state index in [9.17, 15) is 0 Å². The fraction of sp³-hybridized carbons (Fsp3) is 0.375. The molecule has 3 heterocycles. The van der Waals surface area contributed by atoms with Crippen LogP contribution in [0.5, 0.6) is 0 Å². The molecular weight excluding hydrogens is 358 g/mol. The molecule has 4 rings (SSSR count). The van der Waals surface area contributed by atoms with E-state index >= 15 is 0 Å². The van der Waals surface area contributed by atoms with E-state index in [1.807, 2.05) is 55.2 Å². The highest BCUT2D eigenvalue weighted by atomic mass is 15.2. The van der Waals surface area contributed by atoms with E-state index in [0.717, 1.165) is 38.9 Å². The summed E-state index contributed by atoms with van der Waals surface area (Å²) in [6, 6.07) is 10.3. The number of hydrogen-bond acceptors (Lipinski definition) is 4. The van der Waals surface area contributed by atoms with Crippen LogP contribution < -0.4 is 5.32 Å². The number of hydrogen-bond donors (Lipinski definition) is 1. The molecule has 0 spiro atoms. The van der Waals surface area contributed by atoms with Crippen LogP contribution in [-0.4, -0.2) is 32.7 Å². The largest absolute Gasteiger partial charge is 0.317 e. The van der Waals surface area contributed by atoms with Crippen LogP contribution >= 0.6 is 0 Å². The first kappa shape index (κ1) is 20.9. The Morgan fingerprint density at radius 1 is 0.966 bits per heavy atom. The quantitative estimate of drug-likeness (QED) is 0.452. The maximum Gasteiger partial charge on any atom is 0.162 e. The van der Waals surface area contributed by atoms with Gasteiger partial charge in [-0.2, -0.15) is 5.10 Å². The number of aryl methyl sites for hydroxylation is 2. The van der Waals surface area contributed by atoms with Crippen molar-refractivity contribution in [3.63, 3.8) is 0 Å². The Hall–Kier alpha value is -2.79. The van der Waals surface area contributed by atoms with Crippen LogP contribution in [0.1, 0.15) is 44.4 Å². The topological polar surface area (TPSA) is 55.1 Å². The van der Waals surface area contributed by atoms with Gasteiger partial charge in [-0.1, -0.05) is 38.5 Å². The Morgan fingerprint density at radius 3 is 2.59 bits per heavy atom. The first-order chi connectivity index (χ1) is 14.1. The fourth-order valence-electron chi connectivity index (χ4n) is 3.29. The Morgan fingerprint density at radius 2 is 1.79 bits per heavy atom. The van der Waals surface area contributed by atoms with Crippen molar-refractivity contribution in [2.24, 2.45) is 0 Å². The van der Waals surface area contributed by atoms with Gasteiger partial charge in [0, 0.05) is 29.0 Å². The van der Waals surface area contributed by atoms with E-state index in [4.69, 9.17) is 0 Å². The van der Waals surface area contributed by atoms with Gasteiger partial charge in [0.05, 0.1) is 11.7 Å². The predicted octanol–water partition coefficient (Wildman–Crippen LogP) is 5.35. The molecule has 1 N–H and O–H groups in total. The molecule has 0 bridgehead atoms. The van der Waals surface area contributed by atoms with Crippen LogP contribution in [0, 0.1) is 13.8 Å². The summed E-state index contributed by atoms with van der Waals surface area (Å²) < 4.78 is 1.83. The number of benzene rings is 1. The second-order valence-corrected chi connectivity index (χ2v) is 7.39. The van der Waals surface area contributed by atoms with Crippen LogP contribution in [0.4, 0.5) is 0 Å². The molecule has 0 amide bonds. The number of rotatable bonds is 6. The van der Waals surface area contributed by atoms with Gasteiger partial charge in [-0.05, 0) is 63.0 Å². The van der Waals surface area contributed by atoms with E-state index in [-0.39, 0.29) is 0 Å². The van der Waals surface area contributed by atoms with Gasteiger partial charge >= 0.3 is 0 Å². The molecule has 0 saturated heterocycles. The zero-order chi connectivity index (χ0) is 20.6. The van der Waals surface area contributed by atoms with Crippen LogP contribution in [0.3, 0.4) is 0 Å². The van der Waals surface area contributed by atoms with Gasteiger partial charge in [0.25, 0.3) is 0 Å². The van der Waals surface area contributed by atoms with Crippen molar-refractivity contribution in [3.8, 4) is 11.1 Å². The number of unbranched alkanes of at least 4 members (excludes halogenated alkanes) is 1. The molecule has 0 atom stereocenters. The first-order valence-electron chi connectivity index (χ1n) is 10.5. The second kappa shape index (κ2) is 10.1. The minimum Gasteiger partial charge on any atom is -0.317 e. The predicted molar refractivity (Wildman–Crippen MR) is 121 cm³/mol. The highest BCUT2D eigenvalue weighted by Gasteiger charge is 2.12. The Balaban J connectivity index is 0.000000258. The fourth-order valence-corrected chi connectivity index (χ4v) is 3.29. The van der Waals surface area contributed by atoms with E-state index in [0.29, 0.717) is 0 Å². The van der Waals surface area contributed by atoms with Gasteiger partial charge in [0.15, 0.2) is 5.65 Å². The Bertz CT molecular complexity index is 1060. The van der Waals surface area contributed by atoms with E-state index in [1.54, 1.807) is 0 Å². The Kier molecular flexibility index (Phi) is 7.30. The molecule has 0 fully saturated rings. The number of aromatic nitrogens is 4. The van der Waals surface area contributed by atoms with Crippen LogP contribution in [-0.2, 0) is 0 Å². The molecule has 0 aliphatic rings. The molecule has 5 nitrogen and oxygen atoms in total. The number of pyridine rings is 1. The SMILES string of the molecule is CCCCNCCC.Cc1cnc2c(-c3cc(C)nc4ccccc34)cnn2c1. The van der Waals surface area contributed by atoms with Gasteiger partial charge < -0.3 is 5.32 Å². The highest BCUT2D eigenvalue weighted by Crippen LogP contribution is 2.30. The molecular formula is C24H31N5. The van der Waals surface area contributed by atoms with Gasteiger partial charge in [0.2, 0.25) is 0 Å². The third kappa shape index (κ3) is 5.18. The summed E-state index contributed by atoms with van der Waals surface area (Å²) in [5, 5.41) is 8.89. The maximum atomic E-state index is 4.59. The van der Waals surface area contributed by atoms with Gasteiger partial charge in [-0.15, -0.1) is 0 Å². The monoisotopic (exact) mass is 389 g/mol. The molecule has 29 heavy (non-hydrogen) atoms. The average Bonchev–Trinajstić information content (AvgIpc) is 3.14. The summed E-state index contributed by atoms with van der Waals surface area (Å²) in [7, 11) is 0. The summed E-state index contributed by atoms with van der Waals surface area (Å²) in [5.41, 5.74) is 6.12. The molecule has 152 valence electrons. The second-order valence-electron chi connectivity index (χ2n) is 7.39. The summed E-state index contributed by atoms with van der Waals surface area (Å²) in [5.74, 6) is 0. The third-order valence-corrected chi connectivity index (χ3v) is 4.75. The Labute approximate surface area is 173 Å². The number of nitrogens with one attached hydrogen (secondary N) is 1. The lowest BCUT2D eigenvalue weighted by molar-refractivity contribution is 0.633. The van der Waals surface area contributed by atoms with Gasteiger partial charge in [-0.3, -0.25) is 4.98 Å². The van der Waals surface area contributed by atoms with Crippen molar-refractivity contribution in [2.75, 3.05) is 13.1 Å². The van der Waals surface area contributed by atoms with E-state index < -0.39 is 0 Å². The van der Waals surface area contributed by atoms with Crippen molar-refractivity contribution in [2.45, 2.75) is 47.0 Å². The minimum absolute atomic E-state index is 0.872. The van der Waals surface area contributed by atoms with Crippen molar-refractivity contribution in [3.05, 3.63) is 60.2 Å². The van der Waals surface area contributed by atoms with E-state index in [2.05, 4.69) is 46.4 Å². The number of fused-ring (bicyclic) bond motifs is 2. The summed E-state index contributed by atoms with van der Waals surface area (Å²) in [4.78, 5) is 9.13. The minimum atomic E-state index is 0.872. The van der Waals surface area contributed by atoms with Crippen molar-refractivity contribution in [1.82, 2.24) is 24.9 Å². The van der Waals surface area contributed by atoms with Gasteiger partial charge in [-0.25, -0.2) is 9.50 Å². The first-order valence-corrected chi connectivity index (χ1v) is 10.5. The number of para-hydroxylation sites is 1. The smallest absolute Gasteiger partial charge is 0.162 e. The highest BCUT2D eigenvalue weighted by molar-refractivity contribution is 5.97. The molecule has 1 aromatic carbocycles. The molecule has 0 aliphatic heterocycles. The number of nitrogens with zero attached hydrogens (tertiary/aromatic N) is 4. The van der Waals surface area contributed by atoms with Crippen molar-refractivity contribution in [1.29, 1.82) is 0 Å². The lowest BCUT2D eigenvalue weighted by Crippen LogP contribution is -2.15. The standard InChI is InChI=1S/C17H14N4.C7H17N/c1-11-8-18-17-15(9-19-21(17)10-11)14-7-12(2)20-16-6-4-3-5-13(14)16;1-3-5-7-8-6-4-2/h3-10H,1-2H3;8H,3-7H2,1-2H3. The van der Waals surface area contributed by atoms with E-state index in [1.165, 1.54) is 32.4 Å². The third-order valence-electron chi connectivity index (χ3n) is 4.75. The molecule has 5 heteroatoms. The zero-order valence-electron chi connectivity index (χ0n) is 17.9. The normalized spacial score (nSPS) is 10.9. The molecule has 0 saturated carbocycles. The zero-order valence-corrected chi connectivity index (χ0v) is 17.9. The van der Waals surface area contributed by atoms with Crippen molar-refractivity contribution < 1.29 is 0 Å². The maximum absolute atomic E-state index is 4.59. The van der Waals surface area contributed by atoms with Gasteiger partial charge in [0.1, 0.15) is 0 Å².